The third-order valence-electron chi connectivity index (χ3n) is 4.42. The smallest absolute Gasteiger partial charge is 0.269 e. The minimum Gasteiger partial charge on any atom is -0.497 e. The predicted octanol–water partition coefficient (Wildman–Crippen LogP) is 3.94. The lowest BCUT2D eigenvalue weighted by molar-refractivity contribution is -0.117. The van der Waals surface area contributed by atoms with Crippen LogP contribution in [0.25, 0.3) is 16.8 Å². The van der Waals surface area contributed by atoms with Gasteiger partial charge < -0.3 is 4.74 Å². The Morgan fingerprint density at radius 3 is 2.39 bits per heavy atom. The summed E-state index contributed by atoms with van der Waals surface area (Å²) in [6.45, 7) is 3.82. The molecule has 0 aliphatic heterocycles. The van der Waals surface area contributed by atoms with Gasteiger partial charge in [0.25, 0.3) is 11.8 Å². The maximum Gasteiger partial charge on any atom is 0.269 e. The molecular weight excluding hydrogens is 352 g/mol. The Labute approximate surface area is 164 Å². The Balaban J connectivity index is 1.61. The number of carbonyl (C=O) groups excluding carboxylic acids is 2. The number of methoxy groups -OCH3 is 1. The van der Waals surface area contributed by atoms with Crippen LogP contribution in [0.3, 0.4) is 0 Å². The Bertz CT molecular complexity index is 1070. The zero-order chi connectivity index (χ0) is 20.1. The molecule has 0 spiro atoms. The second-order valence-corrected chi connectivity index (χ2v) is 6.57. The van der Waals surface area contributed by atoms with Gasteiger partial charge in [-0.05, 0) is 66.1 Å². The highest BCUT2D eigenvalue weighted by atomic mass is 16.5. The van der Waals surface area contributed by atoms with Crippen molar-refractivity contribution in [2.75, 3.05) is 7.11 Å². The van der Waals surface area contributed by atoms with E-state index in [-0.39, 0.29) is 5.91 Å². The molecule has 0 fully saturated rings. The summed E-state index contributed by atoms with van der Waals surface area (Å²) >= 11 is 0. The van der Waals surface area contributed by atoms with Crippen LogP contribution < -0.4 is 15.6 Å². The normalized spacial score (nSPS) is 10.8. The van der Waals surface area contributed by atoms with Crippen molar-refractivity contribution in [3.05, 3.63) is 82.9 Å². The monoisotopic (exact) mass is 374 g/mol. The lowest BCUT2D eigenvalue weighted by atomic mass is 10.1. The van der Waals surface area contributed by atoms with Gasteiger partial charge in [-0.15, -0.1) is 0 Å². The molecule has 0 heterocycles. The molecule has 0 radical (unpaired) electrons. The molecule has 28 heavy (non-hydrogen) atoms. The van der Waals surface area contributed by atoms with Crippen molar-refractivity contribution in [3.8, 4) is 5.75 Å². The molecule has 5 heteroatoms. The highest BCUT2D eigenvalue weighted by Crippen LogP contribution is 2.22. The van der Waals surface area contributed by atoms with E-state index < -0.39 is 5.91 Å². The van der Waals surface area contributed by atoms with E-state index in [1.54, 1.807) is 19.3 Å². The number of benzene rings is 3. The van der Waals surface area contributed by atoms with Crippen LogP contribution in [0.15, 0.2) is 60.7 Å². The van der Waals surface area contributed by atoms with E-state index >= 15 is 0 Å². The van der Waals surface area contributed by atoms with Crippen molar-refractivity contribution in [2.24, 2.45) is 0 Å². The van der Waals surface area contributed by atoms with Gasteiger partial charge in [-0.1, -0.05) is 35.9 Å². The standard InChI is InChI=1S/C23H22N2O3/c1-15-4-10-21(16(2)12-15)23(27)25-24-22(26)11-6-17-5-7-19-14-20(28-3)9-8-18(19)13-17/h4-14H,1-3H3,(H,24,26)(H,25,27)/b11-6+. The fraction of sp³-hybridized carbons (Fsp3) is 0.130. The predicted molar refractivity (Wildman–Crippen MR) is 111 cm³/mol. The Kier molecular flexibility index (Phi) is 5.75. The average Bonchev–Trinajstić information content (AvgIpc) is 2.69. The number of rotatable bonds is 4. The van der Waals surface area contributed by atoms with Gasteiger partial charge in [0.15, 0.2) is 0 Å². The van der Waals surface area contributed by atoms with Crippen LogP contribution in [0, 0.1) is 13.8 Å². The van der Waals surface area contributed by atoms with E-state index in [2.05, 4.69) is 10.9 Å². The first-order chi connectivity index (χ1) is 13.5. The SMILES string of the molecule is COc1ccc2cc(/C=C/C(=O)NNC(=O)c3ccc(C)cc3C)ccc2c1. The zero-order valence-corrected chi connectivity index (χ0v) is 16.1. The highest BCUT2D eigenvalue weighted by Gasteiger charge is 2.09. The van der Waals surface area contributed by atoms with Crippen molar-refractivity contribution in [2.45, 2.75) is 13.8 Å². The summed E-state index contributed by atoms with van der Waals surface area (Å²) in [6.07, 6.45) is 3.08. The van der Waals surface area contributed by atoms with E-state index in [0.717, 1.165) is 33.2 Å². The number of carbonyl (C=O) groups is 2. The number of hydrazine groups is 1. The molecule has 3 rings (SSSR count). The molecule has 0 saturated carbocycles. The van der Waals surface area contributed by atoms with Gasteiger partial charge in [-0.3, -0.25) is 20.4 Å². The molecule has 0 saturated heterocycles. The lowest BCUT2D eigenvalue weighted by Crippen LogP contribution is -2.41. The molecule has 0 aliphatic rings. The fourth-order valence-corrected chi connectivity index (χ4v) is 2.94. The minimum atomic E-state index is -0.409. The summed E-state index contributed by atoms with van der Waals surface area (Å²) < 4.78 is 5.22. The summed E-state index contributed by atoms with van der Waals surface area (Å²) in [7, 11) is 1.63. The van der Waals surface area contributed by atoms with Crippen LogP contribution in [0.1, 0.15) is 27.0 Å². The van der Waals surface area contributed by atoms with Gasteiger partial charge in [0.2, 0.25) is 0 Å². The average molecular weight is 374 g/mol. The quantitative estimate of drug-likeness (QED) is 0.537. The topological polar surface area (TPSA) is 67.4 Å². The molecule has 3 aromatic carbocycles. The number of aryl methyl sites for hydroxylation is 2. The number of fused-ring (bicyclic) bond motifs is 1. The van der Waals surface area contributed by atoms with Gasteiger partial charge in [-0.25, -0.2) is 0 Å². The van der Waals surface area contributed by atoms with Crippen LogP contribution >= 0.6 is 0 Å². The number of hydrogen-bond donors (Lipinski definition) is 2. The van der Waals surface area contributed by atoms with Crippen molar-refractivity contribution in [3.63, 3.8) is 0 Å². The fourth-order valence-electron chi connectivity index (χ4n) is 2.94. The molecule has 2 N–H and O–H groups in total. The maximum absolute atomic E-state index is 12.2. The van der Waals surface area contributed by atoms with Crippen molar-refractivity contribution < 1.29 is 14.3 Å². The molecular formula is C23H22N2O3. The minimum absolute atomic E-state index is 0.348. The zero-order valence-electron chi connectivity index (χ0n) is 16.1. The molecule has 0 aromatic heterocycles. The van der Waals surface area contributed by atoms with Crippen molar-refractivity contribution in [1.82, 2.24) is 10.9 Å². The number of nitrogens with one attached hydrogen (secondary N) is 2. The van der Waals surface area contributed by atoms with E-state index in [1.165, 1.54) is 6.08 Å². The lowest BCUT2D eigenvalue weighted by Gasteiger charge is -2.08. The molecule has 142 valence electrons. The molecule has 0 unspecified atom stereocenters. The van der Waals surface area contributed by atoms with E-state index in [1.807, 2.05) is 62.4 Å². The van der Waals surface area contributed by atoms with Gasteiger partial charge in [0.1, 0.15) is 5.75 Å². The third-order valence-corrected chi connectivity index (χ3v) is 4.42. The van der Waals surface area contributed by atoms with Gasteiger partial charge >= 0.3 is 0 Å². The highest BCUT2D eigenvalue weighted by molar-refractivity contribution is 5.99. The van der Waals surface area contributed by atoms with Crippen LogP contribution in [-0.2, 0) is 4.79 Å². The molecule has 0 bridgehead atoms. The largest absolute Gasteiger partial charge is 0.497 e. The Morgan fingerprint density at radius 2 is 1.64 bits per heavy atom. The van der Waals surface area contributed by atoms with Gasteiger partial charge in [-0.2, -0.15) is 0 Å². The molecule has 0 aliphatic carbocycles. The van der Waals surface area contributed by atoms with Crippen molar-refractivity contribution in [1.29, 1.82) is 0 Å². The van der Waals surface area contributed by atoms with Crippen LogP contribution in [0.4, 0.5) is 0 Å². The molecule has 0 atom stereocenters. The third kappa shape index (κ3) is 4.57. The van der Waals surface area contributed by atoms with Gasteiger partial charge in [0.05, 0.1) is 7.11 Å². The summed E-state index contributed by atoms with van der Waals surface area (Å²) in [6, 6.07) is 17.2. The van der Waals surface area contributed by atoms with Crippen LogP contribution in [0.2, 0.25) is 0 Å². The van der Waals surface area contributed by atoms with E-state index in [9.17, 15) is 9.59 Å². The van der Waals surface area contributed by atoms with Gasteiger partial charge in [0, 0.05) is 11.6 Å². The molecule has 2 amide bonds. The first kappa shape index (κ1) is 19.2. The molecule has 3 aromatic rings. The van der Waals surface area contributed by atoms with E-state index in [4.69, 9.17) is 4.74 Å². The van der Waals surface area contributed by atoms with Crippen molar-refractivity contribution >= 4 is 28.7 Å². The number of amides is 2. The first-order valence-electron chi connectivity index (χ1n) is 8.90. The van der Waals surface area contributed by atoms with Crippen LogP contribution in [-0.4, -0.2) is 18.9 Å². The summed E-state index contributed by atoms with van der Waals surface area (Å²) in [4.78, 5) is 24.2. The molecule has 5 nitrogen and oxygen atoms in total. The second kappa shape index (κ2) is 8.39. The summed E-state index contributed by atoms with van der Waals surface area (Å²) in [5.41, 5.74) is 8.18. The summed E-state index contributed by atoms with van der Waals surface area (Å²) in [5.74, 6) is 0.0431. The number of hydrogen-bond acceptors (Lipinski definition) is 3. The Morgan fingerprint density at radius 1 is 0.893 bits per heavy atom. The number of ether oxygens (including phenoxy) is 1. The Hall–Kier alpha value is -3.60. The first-order valence-corrected chi connectivity index (χ1v) is 8.90. The van der Waals surface area contributed by atoms with Crippen LogP contribution in [0.5, 0.6) is 5.75 Å². The summed E-state index contributed by atoms with van der Waals surface area (Å²) in [5, 5.41) is 2.10. The maximum atomic E-state index is 12.2. The second-order valence-electron chi connectivity index (χ2n) is 6.57. The van der Waals surface area contributed by atoms with E-state index in [0.29, 0.717) is 5.56 Å².